The highest BCUT2D eigenvalue weighted by molar-refractivity contribution is 6.21. The average molecular weight is 281 g/mol. The Morgan fingerprint density at radius 3 is 2.74 bits per heavy atom. The van der Waals surface area contributed by atoms with E-state index in [9.17, 15) is 0 Å². The molecule has 0 aliphatic rings. The molecule has 4 nitrogen and oxygen atoms in total. The summed E-state index contributed by atoms with van der Waals surface area (Å²) in [5.41, 5.74) is 7.17. The van der Waals surface area contributed by atoms with E-state index in [2.05, 4.69) is 5.16 Å². The van der Waals surface area contributed by atoms with Crippen LogP contribution in [-0.2, 0) is 0 Å². The topological polar surface area (TPSA) is 61.3 Å². The number of rotatable bonds is 6. The summed E-state index contributed by atoms with van der Waals surface area (Å²) in [7, 11) is 0. The zero-order valence-corrected chi connectivity index (χ0v) is 11.6. The molecule has 1 atom stereocenters. The van der Waals surface area contributed by atoms with Crippen LogP contribution in [-0.4, -0.2) is 18.3 Å². The molecular weight excluding hydrogens is 264 g/mol. The minimum absolute atomic E-state index is 0.200. The molecule has 1 unspecified atom stereocenters. The van der Waals surface area contributed by atoms with Crippen LogP contribution in [0.2, 0.25) is 0 Å². The van der Waals surface area contributed by atoms with E-state index in [1.807, 2.05) is 37.3 Å². The largest absolute Gasteiger partial charge is 0.474 e. The molecule has 0 saturated heterocycles. The van der Waals surface area contributed by atoms with Crippen molar-refractivity contribution in [1.82, 2.24) is 5.16 Å². The molecule has 0 bridgehead atoms. The zero-order chi connectivity index (χ0) is 13.7. The lowest BCUT2D eigenvalue weighted by atomic mass is 10.1. The minimum atomic E-state index is -0.200. The number of nitrogens with two attached hydrogens (primary N) is 1. The monoisotopic (exact) mass is 280 g/mol. The Morgan fingerprint density at radius 1 is 1.37 bits per heavy atom. The van der Waals surface area contributed by atoms with Crippen molar-refractivity contribution in [3.8, 4) is 17.2 Å². The number of nitrogens with zero attached hydrogens (tertiary/aromatic N) is 1. The first-order valence-electron chi connectivity index (χ1n) is 6.29. The summed E-state index contributed by atoms with van der Waals surface area (Å²) in [4.78, 5) is 0. The summed E-state index contributed by atoms with van der Waals surface area (Å²) >= 11 is 6.36. The molecule has 0 aliphatic carbocycles. The van der Waals surface area contributed by atoms with Gasteiger partial charge in [0.15, 0.2) is 5.76 Å². The van der Waals surface area contributed by atoms with E-state index < -0.39 is 0 Å². The molecule has 2 N–H and O–H groups in total. The van der Waals surface area contributed by atoms with E-state index in [1.165, 1.54) is 0 Å². The fourth-order valence-corrected chi connectivity index (χ4v) is 2.01. The third-order valence-corrected chi connectivity index (χ3v) is 3.29. The van der Waals surface area contributed by atoms with Crippen molar-refractivity contribution in [3.05, 3.63) is 35.9 Å². The second-order valence-electron chi connectivity index (χ2n) is 4.11. The molecule has 5 heteroatoms. The fourth-order valence-electron chi connectivity index (χ4n) is 1.82. The number of ether oxygens (including phenoxy) is 1. The van der Waals surface area contributed by atoms with Crippen LogP contribution >= 0.6 is 11.6 Å². The molecule has 1 aromatic carbocycles. The van der Waals surface area contributed by atoms with Crippen molar-refractivity contribution < 1.29 is 9.26 Å². The number of benzene rings is 1. The van der Waals surface area contributed by atoms with Crippen molar-refractivity contribution in [1.29, 1.82) is 0 Å². The standard InChI is InChI=1S/C14H17ClN2O2/c1-2-11(15)12-13(10-6-4-3-5-7-10)19-17-14(12)18-9-8-16/h3-7,11H,2,8-9,16H2,1H3. The van der Waals surface area contributed by atoms with Crippen LogP contribution in [0, 0.1) is 0 Å². The first-order valence-corrected chi connectivity index (χ1v) is 6.73. The molecule has 19 heavy (non-hydrogen) atoms. The van der Waals surface area contributed by atoms with Gasteiger partial charge in [-0.25, -0.2) is 0 Å². The Hall–Kier alpha value is -1.52. The molecule has 102 valence electrons. The summed E-state index contributed by atoms with van der Waals surface area (Å²) in [6.07, 6.45) is 0.765. The van der Waals surface area contributed by atoms with Gasteiger partial charge < -0.3 is 15.0 Å². The van der Waals surface area contributed by atoms with Gasteiger partial charge in [0.2, 0.25) is 0 Å². The van der Waals surface area contributed by atoms with Crippen LogP contribution in [0.4, 0.5) is 0 Å². The summed E-state index contributed by atoms with van der Waals surface area (Å²) in [6, 6.07) is 9.74. The van der Waals surface area contributed by atoms with Gasteiger partial charge in [0.05, 0.1) is 10.9 Å². The van der Waals surface area contributed by atoms with Gasteiger partial charge in [0.25, 0.3) is 5.88 Å². The van der Waals surface area contributed by atoms with Crippen LogP contribution in [0.5, 0.6) is 5.88 Å². The van der Waals surface area contributed by atoms with Crippen LogP contribution in [0.1, 0.15) is 24.3 Å². The molecule has 1 heterocycles. The second-order valence-corrected chi connectivity index (χ2v) is 4.64. The van der Waals surface area contributed by atoms with Crippen molar-refractivity contribution in [2.24, 2.45) is 5.73 Å². The third kappa shape index (κ3) is 3.08. The van der Waals surface area contributed by atoms with Gasteiger partial charge >= 0.3 is 0 Å². The number of hydrogen-bond acceptors (Lipinski definition) is 4. The lowest BCUT2D eigenvalue weighted by molar-refractivity contribution is 0.287. The number of hydrogen-bond donors (Lipinski definition) is 1. The Balaban J connectivity index is 2.41. The number of halogens is 1. The molecule has 2 aromatic rings. The van der Waals surface area contributed by atoms with E-state index in [4.69, 9.17) is 26.6 Å². The predicted octanol–water partition coefficient (Wildman–Crippen LogP) is 3.37. The zero-order valence-electron chi connectivity index (χ0n) is 10.8. The van der Waals surface area contributed by atoms with E-state index in [0.29, 0.717) is 24.8 Å². The van der Waals surface area contributed by atoms with Gasteiger partial charge in [-0.15, -0.1) is 11.6 Å². The maximum Gasteiger partial charge on any atom is 0.259 e. The van der Waals surface area contributed by atoms with Crippen molar-refractivity contribution in [2.75, 3.05) is 13.2 Å². The van der Waals surface area contributed by atoms with Gasteiger partial charge in [-0.1, -0.05) is 37.3 Å². The smallest absolute Gasteiger partial charge is 0.259 e. The fraction of sp³-hybridized carbons (Fsp3) is 0.357. The first kappa shape index (κ1) is 13.9. The highest BCUT2D eigenvalue weighted by atomic mass is 35.5. The highest BCUT2D eigenvalue weighted by Gasteiger charge is 2.24. The lowest BCUT2D eigenvalue weighted by Gasteiger charge is -2.09. The molecule has 0 fully saturated rings. The minimum Gasteiger partial charge on any atom is -0.474 e. The van der Waals surface area contributed by atoms with Gasteiger partial charge in [-0.2, -0.15) is 0 Å². The SMILES string of the molecule is CCC(Cl)c1c(OCCN)noc1-c1ccccc1. The van der Waals surface area contributed by atoms with E-state index in [-0.39, 0.29) is 5.38 Å². The molecule has 0 radical (unpaired) electrons. The summed E-state index contributed by atoms with van der Waals surface area (Å²) in [6.45, 7) is 2.82. The third-order valence-electron chi connectivity index (χ3n) is 2.76. The molecule has 0 amide bonds. The summed E-state index contributed by atoms with van der Waals surface area (Å²) in [5, 5.41) is 3.76. The maximum atomic E-state index is 6.36. The van der Waals surface area contributed by atoms with Crippen molar-refractivity contribution in [2.45, 2.75) is 18.7 Å². The van der Waals surface area contributed by atoms with Gasteiger partial charge in [0, 0.05) is 12.1 Å². The molecule has 1 aromatic heterocycles. The molecule has 2 rings (SSSR count). The second kappa shape index (κ2) is 6.59. The summed E-state index contributed by atoms with van der Waals surface area (Å²) in [5.74, 6) is 1.10. The van der Waals surface area contributed by atoms with Crippen molar-refractivity contribution in [3.63, 3.8) is 0 Å². The quantitative estimate of drug-likeness (QED) is 0.824. The lowest BCUT2D eigenvalue weighted by Crippen LogP contribution is -2.11. The highest BCUT2D eigenvalue weighted by Crippen LogP contribution is 2.39. The first-order chi connectivity index (χ1) is 9.27. The Labute approximate surface area is 117 Å². The molecule has 0 saturated carbocycles. The Morgan fingerprint density at radius 2 is 2.11 bits per heavy atom. The van der Waals surface area contributed by atoms with Gasteiger partial charge in [-0.05, 0) is 11.6 Å². The van der Waals surface area contributed by atoms with E-state index in [1.54, 1.807) is 0 Å². The van der Waals surface area contributed by atoms with Crippen molar-refractivity contribution >= 4 is 11.6 Å². The maximum absolute atomic E-state index is 6.36. The number of alkyl halides is 1. The van der Waals surface area contributed by atoms with Crippen LogP contribution in [0.15, 0.2) is 34.9 Å². The van der Waals surface area contributed by atoms with Crippen LogP contribution in [0.3, 0.4) is 0 Å². The molecule has 0 spiro atoms. The van der Waals surface area contributed by atoms with Gasteiger partial charge in [-0.3, -0.25) is 0 Å². The Bertz CT molecular complexity index is 513. The van der Waals surface area contributed by atoms with Gasteiger partial charge in [0.1, 0.15) is 6.61 Å². The van der Waals surface area contributed by atoms with Crippen LogP contribution < -0.4 is 10.5 Å². The van der Waals surface area contributed by atoms with E-state index >= 15 is 0 Å². The average Bonchev–Trinajstić information content (AvgIpc) is 2.89. The Kier molecular flexibility index (Phi) is 4.82. The summed E-state index contributed by atoms with van der Waals surface area (Å²) < 4.78 is 10.9. The number of aromatic nitrogens is 1. The molecular formula is C14H17ClN2O2. The molecule has 0 aliphatic heterocycles. The van der Waals surface area contributed by atoms with Crippen LogP contribution in [0.25, 0.3) is 11.3 Å². The van der Waals surface area contributed by atoms with E-state index in [0.717, 1.165) is 17.5 Å². The predicted molar refractivity (Wildman–Crippen MR) is 75.4 cm³/mol. The normalized spacial score (nSPS) is 12.4.